The molecule has 0 aliphatic rings. The lowest BCUT2D eigenvalue weighted by molar-refractivity contribution is -0.385. The predicted octanol–water partition coefficient (Wildman–Crippen LogP) is 3.46. The molecule has 0 unspecified atom stereocenters. The Hall–Kier alpha value is -3.13. The van der Waals surface area contributed by atoms with E-state index < -0.39 is 29.1 Å². The quantitative estimate of drug-likeness (QED) is 0.378. The fourth-order valence-corrected chi connectivity index (χ4v) is 2.53. The molecule has 0 atom stereocenters. The van der Waals surface area contributed by atoms with E-state index in [1.165, 1.54) is 17.0 Å². The van der Waals surface area contributed by atoms with Gasteiger partial charge in [-0.25, -0.2) is 4.79 Å². The van der Waals surface area contributed by atoms with Gasteiger partial charge in [0.15, 0.2) is 6.61 Å². The van der Waals surface area contributed by atoms with E-state index in [2.05, 4.69) is 0 Å². The molecule has 9 heteroatoms. The molecule has 0 bridgehead atoms. The molecule has 0 fully saturated rings. The zero-order valence-electron chi connectivity index (χ0n) is 15.4. The number of ether oxygens (including phenoxy) is 2. The number of hydrogen-bond donors (Lipinski definition) is 0. The van der Waals surface area contributed by atoms with Crippen LogP contribution in [0.25, 0.3) is 0 Å². The number of likely N-dealkylation sites (N-methyl/N-ethyl adjacent to an activating group) is 1. The van der Waals surface area contributed by atoms with Crippen molar-refractivity contribution >= 4 is 29.2 Å². The van der Waals surface area contributed by atoms with E-state index in [4.69, 9.17) is 21.1 Å². The first-order valence-corrected chi connectivity index (χ1v) is 8.76. The maximum absolute atomic E-state index is 12.2. The highest BCUT2D eigenvalue weighted by atomic mass is 35.5. The molecule has 0 saturated carbocycles. The normalized spacial score (nSPS) is 10.2. The maximum atomic E-state index is 12.2. The van der Waals surface area contributed by atoms with Crippen LogP contribution in [0.1, 0.15) is 22.8 Å². The van der Waals surface area contributed by atoms with E-state index in [1.54, 1.807) is 19.2 Å². The third-order valence-electron chi connectivity index (χ3n) is 3.78. The second-order valence-corrected chi connectivity index (χ2v) is 6.26. The lowest BCUT2D eigenvalue weighted by atomic mass is 10.2. The summed E-state index contributed by atoms with van der Waals surface area (Å²) in [5.74, 6) is -0.677. The van der Waals surface area contributed by atoms with Gasteiger partial charge in [0.2, 0.25) is 0 Å². The first-order valence-electron chi connectivity index (χ1n) is 8.38. The van der Waals surface area contributed by atoms with Crippen LogP contribution in [0.2, 0.25) is 5.02 Å². The monoisotopic (exact) mass is 406 g/mol. The third-order valence-corrected chi connectivity index (χ3v) is 4.02. The highest BCUT2D eigenvalue weighted by Crippen LogP contribution is 2.24. The van der Waals surface area contributed by atoms with Crippen molar-refractivity contribution in [3.05, 3.63) is 68.7 Å². The van der Waals surface area contributed by atoms with Gasteiger partial charge in [0.05, 0.1) is 11.5 Å². The maximum Gasteiger partial charge on any atom is 0.345 e. The fourth-order valence-electron chi connectivity index (χ4n) is 2.36. The van der Waals surface area contributed by atoms with Gasteiger partial charge >= 0.3 is 5.97 Å². The molecule has 0 N–H and O–H groups in total. The number of carbonyl (C=O) groups is 2. The van der Waals surface area contributed by atoms with E-state index in [1.807, 2.05) is 19.1 Å². The number of nitrogens with zero attached hydrogens (tertiary/aromatic N) is 2. The summed E-state index contributed by atoms with van der Waals surface area (Å²) in [5, 5.41) is 11.2. The summed E-state index contributed by atoms with van der Waals surface area (Å²) in [4.78, 5) is 36.0. The number of benzene rings is 2. The van der Waals surface area contributed by atoms with Crippen LogP contribution in [0.15, 0.2) is 42.5 Å². The topological polar surface area (TPSA) is 99.0 Å². The summed E-state index contributed by atoms with van der Waals surface area (Å²) in [6.45, 7) is 2.23. The van der Waals surface area contributed by atoms with E-state index >= 15 is 0 Å². The first-order chi connectivity index (χ1) is 13.3. The Bertz CT molecular complexity index is 869. The van der Waals surface area contributed by atoms with E-state index in [0.717, 1.165) is 17.4 Å². The summed E-state index contributed by atoms with van der Waals surface area (Å²) in [5.41, 5.74) is 0.128. The summed E-state index contributed by atoms with van der Waals surface area (Å²) >= 11 is 5.71. The van der Waals surface area contributed by atoms with Gasteiger partial charge < -0.3 is 14.4 Å². The van der Waals surface area contributed by atoms with Crippen LogP contribution in [0.5, 0.6) is 5.75 Å². The number of halogens is 1. The van der Waals surface area contributed by atoms with Crippen LogP contribution < -0.4 is 4.74 Å². The number of hydrogen-bond acceptors (Lipinski definition) is 6. The van der Waals surface area contributed by atoms with Crippen molar-refractivity contribution in [1.29, 1.82) is 0 Å². The Labute approximate surface area is 166 Å². The van der Waals surface area contributed by atoms with Crippen molar-refractivity contribution in [2.75, 3.05) is 20.3 Å². The van der Waals surface area contributed by atoms with E-state index in [-0.39, 0.29) is 10.6 Å². The summed E-state index contributed by atoms with van der Waals surface area (Å²) in [7, 11) is 1.57. The van der Waals surface area contributed by atoms with Crippen molar-refractivity contribution in [1.82, 2.24) is 4.90 Å². The number of nitro groups is 1. The third kappa shape index (κ3) is 5.68. The van der Waals surface area contributed by atoms with Crippen LogP contribution >= 0.6 is 11.6 Å². The van der Waals surface area contributed by atoms with Crippen LogP contribution in [-0.4, -0.2) is 42.0 Å². The number of nitro benzene ring substituents is 1. The minimum atomic E-state index is -0.966. The van der Waals surface area contributed by atoms with Crippen molar-refractivity contribution in [2.45, 2.75) is 13.5 Å². The van der Waals surface area contributed by atoms with Crippen molar-refractivity contribution in [2.24, 2.45) is 0 Å². The zero-order chi connectivity index (χ0) is 20.7. The van der Waals surface area contributed by atoms with E-state index in [0.29, 0.717) is 13.2 Å². The molecule has 0 radical (unpaired) electrons. The minimum Gasteiger partial charge on any atom is -0.494 e. The van der Waals surface area contributed by atoms with Gasteiger partial charge in [0.1, 0.15) is 11.3 Å². The van der Waals surface area contributed by atoms with Crippen LogP contribution in [0, 0.1) is 10.1 Å². The van der Waals surface area contributed by atoms with Crippen molar-refractivity contribution in [3.63, 3.8) is 0 Å². The van der Waals surface area contributed by atoms with Gasteiger partial charge in [-0.2, -0.15) is 0 Å². The SMILES string of the molecule is CCOc1ccc(CN(C)C(=O)COC(=O)c2ccc(Cl)cc2[N+](=O)[O-])cc1. The lowest BCUT2D eigenvalue weighted by Gasteiger charge is -2.17. The fraction of sp³-hybridized carbons (Fsp3) is 0.263. The smallest absolute Gasteiger partial charge is 0.345 e. The van der Waals surface area contributed by atoms with Crippen molar-refractivity contribution < 1.29 is 24.0 Å². The second kappa shape index (κ2) is 9.70. The Morgan fingerprint density at radius 3 is 2.46 bits per heavy atom. The molecule has 0 aliphatic carbocycles. The Kier molecular flexibility index (Phi) is 7.34. The standard InChI is InChI=1S/C19H19ClN2O6/c1-3-27-15-7-4-13(5-8-15)11-21(2)18(23)12-28-19(24)16-9-6-14(20)10-17(16)22(25)26/h4-10H,3,11-12H2,1-2H3. The molecule has 0 heterocycles. The van der Waals surface area contributed by atoms with Gasteiger partial charge in [-0.15, -0.1) is 0 Å². The second-order valence-electron chi connectivity index (χ2n) is 5.82. The Morgan fingerprint density at radius 1 is 1.18 bits per heavy atom. The molecule has 2 rings (SSSR count). The molecule has 28 heavy (non-hydrogen) atoms. The zero-order valence-corrected chi connectivity index (χ0v) is 16.1. The predicted molar refractivity (Wildman–Crippen MR) is 102 cm³/mol. The molecule has 0 aliphatic heterocycles. The van der Waals surface area contributed by atoms with Gasteiger partial charge in [-0.05, 0) is 36.8 Å². The molecule has 0 aromatic heterocycles. The number of rotatable bonds is 8. The summed E-state index contributed by atoms with van der Waals surface area (Å²) in [6.07, 6.45) is 0. The van der Waals surface area contributed by atoms with Crippen LogP contribution in [-0.2, 0) is 16.1 Å². The average molecular weight is 407 g/mol. The number of carbonyl (C=O) groups excluding carboxylic acids is 2. The molecule has 1 amide bonds. The van der Waals surface area contributed by atoms with Gasteiger partial charge in [-0.3, -0.25) is 14.9 Å². The minimum absolute atomic E-state index is 0.120. The molecule has 2 aromatic carbocycles. The lowest BCUT2D eigenvalue weighted by Crippen LogP contribution is -2.30. The summed E-state index contributed by atoms with van der Waals surface area (Å²) < 4.78 is 10.3. The molecule has 148 valence electrons. The highest BCUT2D eigenvalue weighted by molar-refractivity contribution is 6.31. The molecule has 0 spiro atoms. The summed E-state index contributed by atoms with van der Waals surface area (Å²) in [6, 6.07) is 10.9. The Morgan fingerprint density at radius 2 is 1.86 bits per heavy atom. The molecular weight excluding hydrogens is 388 g/mol. The molecule has 2 aromatic rings. The number of amides is 1. The largest absolute Gasteiger partial charge is 0.494 e. The molecular formula is C19H19ClN2O6. The van der Waals surface area contributed by atoms with Crippen LogP contribution in [0.4, 0.5) is 5.69 Å². The van der Waals surface area contributed by atoms with Gasteiger partial charge in [0, 0.05) is 24.7 Å². The number of esters is 1. The average Bonchev–Trinajstić information content (AvgIpc) is 2.67. The van der Waals surface area contributed by atoms with Gasteiger partial charge in [0.25, 0.3) is 11.6 Å². The highest BCUT2D eigenvalue weighted by Gasteiger charge is 2.23. The molecule has 0 saturated heterocycles. The molecule has 8 nitrogen and oxygen atoms in total. The van der Waals surface area contributed by atoms with Crippen molar-refractivity contribution in [3.8, 4) is 5.75 Å². The van der Waals surface area contributed by atoms with E-state index in [9.17, 15) is 19.7 Å². The van der Waals surface area contributed by atoms with Gasteiger partial charge in [-0.1, -0.05) is 23.7 Å². The first kappa shape index (κ1) is 21.2. The Balaban J connectivity index is 1.94. The van der Waals surface area contributed by atoms with Crippen LogP contribution in [0.3, 0.4) is 0 Å².